The van der Waals surface area contributed by atoms with Gasteiger partial charge in [-0.2, -0.15) is 5.26 Å². The molecule has 0 N–H and O–H groups in total. The minimum absolute atomic E-state index is 1.02. The van der Waals surface area contributed by atoms with Gasteiger partial charge >= 0.3 is 0 Å². The molecule has 0 radical (unpaired) electrons. The zero-order chi connectivity index (χ0) is 9.52. The summed E-state index contributed by atoms with van der Waals surface area (Å²) in [5, 5.41) is 8.40. The Labute approximate surface area is 80.2 Å². The van der Waals surface area contributed by atoms with Crippen molar-refractivity contribution in [3.05, 3.63) is 23.9 Å². The molecule has 2 nitrogen and oxygen atoms in total. The highest BCUT2D eigenvalue weighted by atomic mass is 15.1. The van der Waals surface area contributed by atoms with Crippen LogP contribution in [0.4, 0.5) is 0 Å². The van der Waals surface area contributed by atoms with E-state index < -0.39 is 0 Å². The molecular weight excluding hydrogens is 160 g/mol. The first-order chi connectivity index (χ1) is 6.33. The topological polar surface area (TPSA) is 27.0 Å². The Bertz CT molecular complexity index is 239. The maximum Gasteiger partial charge on any atom is 0.0914 e. The molecule has 0 atom stereocenters. The van der Waals surface area contributed by atoms with Gasteiger partial charge < -0.3 is 4.90 Å². The van der Waals surface area contributed by atoms with Crippen molar-refractivity contribution in [2.75, 3.05) is 13.1 Å². The molecular formula is C11H16N2. The summed E-state index contributed by atoms with van der Waals surface area (Å²) in [5.74, 6) is 0. The minimum atomic E-state index is 1.02. The van der Waals surface area contributed by atoms with Gasteiger partial charge in [0.15, 0.2) is 0 Å². The monoisotopic (exact) mass is 176 g/mol. The van der Waals surface area contributed by atoms with E-state index in [1.807, 2.05) is 19.1 Å². The molecule has 0 spiro atoms. The van der Waals surface area contributed by atoms with Crippen LogP contribution in [0.15, 0.2) is 23.9 Å². The smallest absolute Gasteiger partial charge is 0.0914 e. The Morgan fingerprint density at radius 2 is 2.00 bits per heavy atom. The zero-order valence-electron chi connectivity index (χ0n) is 8.16. The van der Waals surface area contributed by atoms with Crippen LogP contribution in [0.25, 0.3) is 0 Å². The molecule has 0 saturated carbocycles. The predicted octanol–water partition coefficient (Wildman–Crippen LogP) is 2.46. The molecule has 1 fully saturated rings. The summed E-state index contributed by atoms with van der Waals surface area (Å²) in [6.45, 7) is 4.27. The van der Waals surface area contributed by atoms with Crippen LogP contribution in [0.5, 0.6) is 0 Å². The van der Waals surface area contributed by atoms with Crippen LogP contribution in [-0.2, 0) is 0 Å². The van der Waals surface area contributed by atoms with Gasteiger partial charge in [-0.15, -0.1) is 0 Å². The maximum atomic E-state index is 8.40. The number of hydrogen-bond acceptors (Lipinski definition) is 2. The molecule has 70 valence electrons. The van der Waals surface area contributed by atoms with E-state index in [0.717, 1.165) is 18.7 Å². The molecule has 1 heterocycles. The van der Waals surface area contributed by atoms with E-state index in [4.69, 9.17) is 5.26 Å². The van der Waals surface area contributed by atoms with Gasteiger partial charge in [0.1, 0.15) is 0 Å². The number of nitriles is 1. The van der Waals surface area contributed by atoms with Gasteiger partial charge in [0.2, 0.25) is 0 Å². The van der Waals surface area contributed by atoms with Crippen molar-refractivity contribution in [2.45, 2.75) is 26.2 Å². The van der Waals surface area contributed by atoms with Gasteiger partial charge in [0, 0.05) is 19.2 Å². The second kappa shape index (κ2) is 5.42. The minimum Gasteiger partial charge on any atom is -0.377 e. The number of allylic oxidation sites excluding steroid dienone is 3. The Kier molecular flexibility index (Phi) is 4.11. The first-order valence-electron chi connectivity index (χ1n) is 4.81. The maximum absolute atomic E-state index is 8.40. The number of nitrogens with zero attached hydrogens (tertiary/aromatic N) is 2. The molecule has 0 aromatic rings. The largest absolute Gasteiger partial charge is 0.377 e. The summed E-state index contributed by atoms with van der Waals surface area (Å²) >= 11 is 0. The lowest BCUT2D eigenvalue weighted by molar-refractivity contribution is 0.309. The van der Waals surface area contributed by atoms with Crippen molar-refractivity contribution in [1.82, 2.24) is 4.90 Å². The Morgan fingerprint density at radius 3 is 2.62 bits per heavy atom. The summed E-state index contributed by atoms with van der Waals surface area (Å²) in [4.78, 5) is 2.32. The number of likely N-dealkylation sites (tertiary alicyclic amines) is 1. The molecule has 0 aromatic carbocycles. The molecule has 1 saturated heterocycles. The fourth-order valence-electron chi connectivity index (χ4n) is 1.44. The van der Waals surface area contributed by atoms with Crippen LogP contribution >= 0.6 is 0 Å². The van der Waals surface area contributed by atoms with Gasteiger partial charge in [-0.05, 0) is 44.0 Å². The molecule has 1 aliphatic rings. The number of piperidine rings is 1. The quantitative estimate of drug-likeness (QED) is 0.477. The van der Waals surface area contributed by atoms with E-state index in [1.54, 1.807) is 6.08 Å². The van der Waals surface area contributed by atoms with E-state index in [0.29, 0.717) is 0 Å². The van der Waals surface area contributed by atoms with E-state index in [-0.39, 0.29) is 0 Å². The third-order valence-corrected chi connectivity index (χ3v) is 2.23. The SMILES string of the molecule is CC(=C/C#N)/C=C/N1CCCCC1. The lowest BCUT2D eigenvalue weighted by Gasteiger charge is -2.24. The molecule has 0 unspecified atom stereocenters. The first kappa shape index (κ1) is 9.85. The normalized spacial score (nSPS) is 19.1. The van der Waals surface area contributed by atoms with E-state index in [2.05, 4.69) is 11.1 Å². The first-order valence-corrected chi connectivity index (χ1v) is 4.81. The molecule has 0 amide bonds. The number of rotatable bonds is 2. The summed E-state index contributed by atoms with van der Waals surface area (Å²) in [5.41, 5.74) is 1.02. The third kappa shape index (κ3) is 3.80. The summed E-state index contributed by atoms with van der Waals surface area (Å²) in [6, 6.07) is 2.02. The second-order valence-electron chi connectivity index (χ2n) is 3.43. The van der Waals surface area contributed by atoms with E-state index in [9.17, 15) is 0 Å². The summed E-state index contributed by atoms with van der Waals surface area (Å²) in [7, 11) is 0. The average Bonchev–Trinajstić information content (AvgIpc) is 2.17. The van der Waals surface area contributed by atoms with Crippen LogP contribution in [0.2, 0.25) is 0 Å². The molecule has 0 aromatic heterocycles. The van der Waals surface area contributed by atoms with E-state index in [1.165, 1.54) is 19.3 Å². The van der Waals surface area contributed by atoms with Crippen LogP contribution in [0.3, 0.4) is 0 Å². The lowest BCUT2D eigenvalue weighted by Crippen LogP contribution is -2.24. The molecule has 13 heavy (non-hydrogen) atoms. The highest BCUT2D eigenvalue weighted by Gasteiger charge is 2.04. The van der Waals surface area contributed by atoms with Gasteiger partial charge in [-0.1, -0.05) is 0 Å². The fourth-order valence-corrected chi connectivity index (χ4v) is 1.44. The zero-order valence-corrected chi connectivity index (χ0v) is 8.16. The molecule has 2 heteroatoms. The van der Waals surface area contributed by atoms with Gasteiger partial charge in [0.05, 0.1) is 6.07 Å². The Morgan fingerprint density at radius 1 is 1.31 bits per heavy atom. The van der Waals surface area contributed by atoms with Crippen LogP contribution < -0.4 is 0 Å². The fraction of sp³-hybridized carbons (Fsp3) is 0.545. The summed E-state index contributed by atoms with van der Waals surface area (Å²) in [6.07, 6.45) is 9.63. The van der Waals surface area contributed by atoms with Crippen molar-refractivity contribution < 1.29 is 0 Å². The molecule has 0 bridgehead atoms. The van der Waals surface area contributed by atoms with Gasteiger partial charge in [-0.25, -0.2) is 0 Å². The third-order valence-electron chi connectivity index (χ3n) is 2.23. The highest BCUT2D eigenvalue weighted by molar-refractivity contribution is 5.22. The molecule has 1 rings (SSSR count). The second-order valence-corrected chi connectivity index (χ2v) is 3.43. The predicted molar refractivity (Wildman–Crippen MR) is 53.9 cm³/mol. The lowest BCUT2D eigenvalue weighted by atomic mass is 10.1. The van der Waals surface area contributed by atoms with Crippen molar-refractivity contribution in [1.29, 1.82) is 5.26 Å². The Hall–Kier alpha value is -1.23. The van der Waals surface area contributed by atoms with Gasteiger partial charge in [-0.3, -0.25) is 0 Å². The van der Waals surface area contributed by atoms with Crippen LogP contribution in [0, 0.1) is 11.3 Å². The Balaban J connectivity index is 2.38. The average molecular weight is 176 g/mol. The van der Waals surface area contributed by atoms with Crippen molar-refractivity contribution in [3.8, 4) is 6.07 Å². The molecule has 0 aliphatic carbocycles. The van der Waals surface area contributed by atoms with Gasteiger partial charge in [0.25, 0.3) is 0 Å². The van der Waals surface area contributed by atoms with Crippen molar-refractivity contribution in [2.24, 2.45) is 0 Å². The number of hydrogen-bond donors (Lipinski definition) is 0. The summed E-state index contributed by atoms with van der Waals surface area (Å²) < 4.78 is 0. The van der Waals surface area contributed by atoms with Crippen molar-refractivity contribution >= 4 is 0 Å². The molecule has 1 aliphatic heterocycles. The van der Waals surface area contributed by atoms with Crippen molar-refractivity contribution in [3.63, 3.8) is 0 Å². The highest BCUT2D eigenvalue weighted by Crippen LogP contribution is 2.09. The standard InChI is InChI=1S/C11H16N2/c1-11(5-7-12)6-10-13-8-3-2-4-9-13/h5-6,10H,2-4,8-9H2,1H3/b10-6+,11-5-. The van der Waals surface area contributed by atoms with Crippen LogP contribution in [0.1, 0.15) is 26.2 Å². The van der Waals surface area contributed by atoms with Crippen LogP contribution in [-0.4, -0.2) is 18.0 Å². The van der Waals surface area contributed by atoms with E-state index >= 15 is 0 Å².